The van der Waals surface area contributed by atoms with Gasteiger partial charge in [-0.3, -0.25) is 0 Å². The molecule has 0 atom stereocenters. The van der Waals surface area contributed by atoms with E-state index < -0.39 is 0 Å². The lowest BCUT2D eigenvalue weighted by Gasteiger charge is -2.28. The average Bonchev–Trinajstić information content (AvgIpc) is 3.75. The van der Waals surface area contributed by atoms with Gasteiger partial charge >= 0.3 is 0 Å². The molecule has 51 heavy (non-hydrogen) atoms. The first kappa shape index (κ1) is 28.4. The molecule has 0 aliphatic carbocycles. The quantitative estimate of drug-likeness (QED) is 0.170. The van der Waals surface area contributed by atoms with Crippen LogP contribution >= 0.6 is 11.3 Å². The van der Waals surface area contributed by atoms with Crippen LogP contribution in [0.1, 0.15) is 0 Å². The molecule has 11 rings (SSSR count). The van der Waals surface area contributed by atoms with Crippen LogP contribution in [0.2, 0.25) is 0 Å². The summed E-state index contributed by atoms with van der Waals surface area (Å²) in [7, 11) is 0. The average molecular weight is 667 g/mol. The Labute approximate surface area is 298 Å². The number of fused-ring (bicyclic) bond motifs is 11. The van der Waals surface area contributed by atoms with Gasteiger partial charge in [0.15, 0.2) is 0 Å². The fourth-order valence-corrected chi connectivity index (χ4v) is 9.48. The van der Waals surface area contributed by atoms with Crippen LogP contribution in [0.15, 0.2) is 182 Å². The third kappa shape index (κ3) is 4.22. The van der Waals surface area contributed by atoms with E-state index >= 15 is 0 Å². The van der Waals surface area contributed by atoms with Crippen LogP contribution in [0.4, 0.5) is 17.1 Å². The summed E-state index contributed by atoms with van der Waals surface area (Å²) >= 11 is 1.87. The monoisotopic (exact) mass is 666 g/mol. The number of nitrogens with zero attached hydrogens (tertiary/aromatic N) is 2. The van der Waals surface area contributed by atoms with Gasteiger partial charge in [0.2, 0.25) is 0 Å². The lowest BCUT2D eigenvalue weighted by molar-refractivity contribution is 1.18. The standard InChI is InChI=1S/C48H30N2S/c1-2-13-34(14-3-1)49-40-18-8-6-16-38(40)47-41(49)19-10-20-42(47)50(43-21-11-23-45-48(43)39-17-7-9-22-44(39)51-45)35-28-29-37-33(30-35)27-26-32-25-24-31-12-4-5-15-36(31)46(32)37/h1-30H. The summed E-state index contributed by atoms with van der Waals surface area (Å²) in [5.41, 5.74) is 7.01. The molecule has 0 saturated heterocycles. The number of thiophene rings is 1. The summed E-state index contributed by atoms with van der Waals surface area (Å²) in [4.78, 5) is 2.51. The Kier molecular flexibility index (Phi) is 6.16. The lowest BCUT2D eigenvalue weighted by atomic mass is 9.96. The summed E-state index contributed by atoms with van der Waals surface area (Å²) in [6.07, 6.45) is 0. The zero-order valence-corrected chi connectivity index (χ0v) is 28.4. The number of anilines is 3. The van der Waals surface area contributed by atoms with Crippen molar-refractivity contribution in [1.82, 2.24) is 4.57 Å². The lowest BCUT2D eigenvalue weighted by Crippen LogP contribution is -2.11. The van der Waals surface area contributed by atoms with Gasteiger partial charge < -0.3 is 9.47 Å². The molecule has 0 saturated carbocycles. The second kappa shape index (κ2) is 11.0. The number of hydrogen-bond acceptors (Lipinski definition) is 2. The Morgan fingerprint density at radius 1 is 0.373 bits per heavy atom. The highest BCUT2D eigenvalue weighted by Gasteiger charge is 2.24. The Morgan fingerprint density at radius 2 is 1.00 bits per heavy atom. The van der Waals surface area contributed by atoms with Gasteiger partial charge in [-0.15, -0.1) is 11.3 Å². The summed E-state index contributed by atoms with van der Waals surface area (Å²) in [6, 6.07) is 66.8. The van der Waals surface area contributed by atoms with Crippen LogP contribution in [0.25, 0.3) is 80.0 Å². The molecule has 0 amide bonds. The van der Waals surface area contributed by atoms with Gasteiger partial charge in [-0.05, 0) is 93.0 Å². The van der Waals surface area contributed by atoms with E-state index in [-0.39, 0.29) is 0 Å². The number of aromatic nitrogens is 1. The second-order valence-corrected chi connectivity index (χ2v) is 14.4. The van der Waals surface area contributed by atoms with E-state index in [9.17, 15) is 0 Å². The van der Waals surface area contributed by atoms with Crippen molar-refractivity contribution in [2.75, 3.05) is 4.90 Å². The van der Waals surface area contributed by atoms with E-state index in [1.165, 1.54) is 80.0 Å². The molecular weight excluding hydrogens is 637 g/mol. The molecule has 0 aliphatic rings. The molecule has 2 nitrogen and oxygen atoms in total. The number of benzene rings is 9. The summed E-state index contributed by atoms with van der Waals surface area (Å²) < 4.78 is 5.00. The van der Waals surface area contributed by atoms with Crippen molar-refractivity contribution in [3.8, 4) is 5.69 Å². The molecule has 0 fully saturated rings. The molecular formula is C48H30N2S. The summed E-state index contributed by atoms with van der Waals surface area (Å²) in [5.74, 6) is 0. The van der Waals surface area contributed by atoms with E-state index in [2.05, 4.69) is 191 Å². The first-order chi connectivity index (χ1) is 25.3. The van der Waals surface area contributed by atoms with Crippen LogP contribution in [0.3, 0.4) is 0 Å². The molecule has 2 heterocycles. The van der Waals surface area contributed by atoms with Crippen molar-refractivity contribution in [3.05, 3.63) is 182 Å². The predicted octanol–water partition coefficient (Wildman–Crippen LogP) is 14.1. The smallest absolute Gasteiger partial charge is 0.0562 e. The van der Waals surface area contributed by atoms with Gasteiger partial charge in [0.05, 0.1) is 22.4 Å². The third-order valence-corrected chi connectivity index (χ3v) is 11.7. The van der Waals surface area contributed by atoms with Gasteiger partial charge in [-0.2, -0.15) is 0 Å². The Morgan fingerprint density at radius 3 is 1.88 bits per heavy atom. The zero-order chi connectivity index (χ0) is 33.5. The molecule has 0 radical (unpaired) electrons. The first-order valence-electron chi connectivity index (χ1n) is 17.4. The first-order valence-corrected chi connectivity index (χ1v) is 18.3. The molecule has 9 aromatic carbocycles. The Balaban J connectivity index is 1.26. The maximum Gasteiger partial charge on any atom is 0.0562 e. The Hall–Kier alpha value is -6.42. The maximum atomic E-state index is 2.51. The SMILES string of the molecule is c1ccc(-n2c3ccccc3c3c(N(c4ccc5c(ccc6ccc7ccccc7c65)c4)c4cccc5sc6ccccc6c45)cccc32)cc1. The number of rotatable bonds is 4. The minimum Gasteiger partial charge on any atom is -0.309 e. The van der Waals surface area contributed by atoms with Gasteiger partial charge in [0.1, 0.15) is 0 Å². The van der Waals surface area contributed by atoms with Crippen LogP contribution < -0.4 is 4.90 Å². The highest BCUT2D eigenvalue weighted by Crippen LogP contribution is 2.49. The minimum absolute atomic E-state index is 1.13. The molecule has 0 spiro atoms. The molecule has 11 aromatic rings. The van der Waals surface area contributed by atoms with Crippen LogP contribution in [-0.2, 0) is 0 Å². The highest BCUT2D eigenvalue weighted by molar-refractivity contribution is 7.26. The topological polar surface area (TPSA) is 8.17 Å². The summed E-state index contributed by atoms with van der Waals surface area (Å²) in [5, 5.41) is 12.7. The summed E-state index contributed by atoms with van der Waals surface area (Å²) in [6.45, 7) is 0. The van der Waals surface area contributed by atoms with Crippen molar-refractivity contribution in [3.63, 3.8) is 0 Å². The molecule has 3 heteroatoms. The molecule has 0 aliphatic heterocycles. The maximum absolute atomic E-state index is 2.51. The fourth-order valence-electron chi connectivity index (χ4n) is 8.35. The van der Waals surface area contributed by atoms with E-state index in [0.29, 0.717) is 0 Å². The van der Waals surface area contributed by atoms with Gasteiger partial charge in [-0.1, -0.05) is 121 Å². The normalized spacial score (nSPS) is 11.9. The van der Waals surface area contributed by atoms with Gasteiger partial charge in [0, 0.05) is 42.3 Å². The van der Waals surface area contributed by atoms with Crippen LogP contribution in [0.5, 0.6) is 0 Å². The minimum atomic E-state index is 1.13. The molecule has 2 aromatic heterocycles. The van der Waals surface area contributed by atoms with Gasteiger partial charge in [0.25, 0.3) is 0 Å². The molecule has 238 valence electrons. The third-order valence-electron chi connectivity index (χ3n) is 10.5. The van der Waals surface area contributed by atoms with E-state index in [1.54, 1.807) is 0 Å². The fraction of sp³-hybridized carbons (Fsp3) is 0. The molecule has 0 bridgehead atoms. The number of hydrogen-bond donors (Lipinski definition) is 0. The van der Waals surface area contributed by atoms with Crippen molar-refractivity contribution >= 4 is 103 Å². The van der Waals surface area contributed by atoms with E-state index in [0.717, 1.165) is 17.1 Å². The van der Waals surface area contributed by atoms with Crippen molar-refractivity contribution < 1.29 is 0 Å². The second-order valence-electron chi connectivity index (χ2n) is 13.3. The molecule has 0 unspecified atom stereocenters. The zero-order valence-electron chi connectivity index (χ0n) is 27.6. The van der Waals surface area contributed by atoms with Gasteiger partial charge in [-0.25, -0.2) is 0 Å². The Bertz CT molecular complexity index is 3150. The van der Waals surface area contributed by atoms with Crippen LogP contribution in [-0.4, -0.2) is 4.57 Å². The van der Waals surface area contributed by atoms with Crippen LogP contribution in [0, 0.1) is 0 Å². The van der Waals surface area contributed by atoms with E-state index in [1.807, 2.05) is 11.3 Å². The number of para-hydroxylation sites is 2. The predicted molar refractivity (Wildman–Crippen MR) is 221 cm³/mol. The van der Waals surface area contributed by atoms with Crippen molar-refractivity contribution in [2.45, 2.75) is 0 Å². The molecule has 0 N–H and O–H groups in total. The van der Waals surface area contributed by atoms with Crippen molar-refractivity contribution in [2.24, 2.45) is 0 Å². The highest BCUT2D eigenvalue weighted by atomic mass is 32.1. The van der Waals surface area contributed by atoms with Crippen molar-refractivity contribution in [1.29, 1.82) is 0 Å². The van der Waals surface area contributed by atoms with E-state index in [4.69, 9.17) is 0 Å². The largest absolute Gasteiger partial charge is 0.309 e.